The first kappa shape index (κ1) is 32.0. The van der Waals surface area contributed by atoms with Crippen molar-refractivity contribution >= 4 is 15.9 Å². The van der Waals surface area contributed by atoms with Gasteiger partial charge in [-0.1, -0.05) is 36.5 Å². The minimum atomic E-state index is -4.46. The molecule has 0 spiro atoms. The number of fused-ring (bicyclic) bond motifs is 1. The number of likely N-dealkylation sites (N-methyl/N-ethyl adjacent to an activating group) is 1. The van der Waals surface area contributed by atoms with Gasteiger partial charge in [0.05, 0.1) is 29.7 Å². The smallest absolute Gasteiger partial charge is 0.416 e. The predicted octanol–water partition coefficient (Wildman–Crippen LogP) is 4.35. The number of alkyl halides is 3. The lowest BCUT2D eigenvalue weighted by Gasteiger charge is -2.37. The summed E-state index contributed by atoms with van der Waals surface area (Å²) in [5.41, 5.74) is 0.858. The number of aromatic nitrogens is 1. The van der Waals surface area contributed by atoms with Crippen LogP contribution >= 0.6 is 0 Å². The third-order valence-electron chi connectivity index (χ3n) is 7.25. The molecule has 1 aliphatic rings. The number of carbonyl (C=O) groups excluding carboxylic acids is 1. The van der Waals surface area contributed by atoms with E-state index in [1.54, 1.807) is 19.1 Å². The number of nitrogens with zero attached hydrogens (tertiary/aromatic N) is 3. The van der Waals surface area contributed by atoms with Crippen molar-refractivity contribution in [3.05, 3.63) is 88.6 Å². The van der Waals surface area contributed by atoms with E-state index in [0.717, 1.165) is 17.7 Å². The average Bonchev–Trinajstić information content (AvgIpc) is 2.97. The maximum Gasteiger partial charge on any atom is 0.416 e. The predicted molar refractivity (Wildman–Crippen MR) is 154 cm³/mol. The van der Waals surface area contributed by atoms with E-state index in [4.69, 9.17) is 4.74 Å². The first-order valence-corrected chi connectivity index (χ1v) is 15.0. The number of benzene rings is 2. The Morgan fingerprint density at radius 1 is 1.12 bits per heavy atom. The zero-order valence-corrected chi connectivity index (χ0v) is 24.9. The van der Waals surface area contributed by atoms with Crippen LogP contribution in [0, 0.1) is 24.7 Å². The van der Waals surface area contributed by atoms with E-state index in [2.05, 4.69) is 16.8 Å². The average molecular weight is 616 g/mol. The molecule has 0 radical (unpaired) electrons. The Morgan fingerprint density at radius 2 is 1.74 bits per heavy atom. The Bertz CT molecular complexity index is 1630. The van der Waals surface area contributed by atoms with Crippen LogP contribution in [0.25, 0.3) is 0 Å². The van der Waals surface area contributed by atoms with Crippen molar-refractivity contribution in [1.29, 1.82) is 0 Å². The molecule has 2 heterocycles. The van der Waals surface area contributed by atoms with Gasteiger partial charge >= 0.3 is 6.18 Å². The van der Waals surface area contributed by atoms with E-state index >= 15 is 0 Å². The van der Waals surface area contributed by atoms with Crippen LogP contribution in [-0.2, 0) is 16.2 Å². The Hall–Kier alpha value is -3.92. The van der Waals surface area contributed by atoms with E-state index < -0.39 is 39.8 Å². The Kier molecular flexibility index (Phi) is 9.49. The number of aryl methyl sites for hydroxylation is 1. The lowest BCUT2D eigenvalue weighted by Crippen LogP contribution is -2.50. The third-order valence-corrected chi connectivity index (χ3v) is 9.09. The minimum absolute atomic E-state index is 0.0158. The van der Waals surface area contributed by atoms with Crippen molar-refractivity contribution < 1.29 is 36.2 Å². The molecule has 8 nitrogen and oxygen atoms in total. The highest BCUT2D eigenvalue weighted by Crippen LogP contribution is 2.30. The molecule has 0 saturated heterocycles. The molecule has 0 fully saturated rings. The number of amides is 1. The molecule has 0 aliphatic carbocycles. The van der Waals surface area contributed by atoms with Gasteiger partial charge < -0.3 is 14.7 Å². The SMILES string of the molecule is Cc1ccc(S(=O)(=O)N(C)C[C@@H]2Oc3ncc(C#Cc4ccc(C(F)(F)F)cc4)cc3C(=O)N([C@H](C)CO)C[C@@H]2C)cc1. The van der Waals surface area contributed by atoms with E-state index in [1.165, 1.54) is 52.8 Å². The summed E-state index contributed by atoms with van der Waals surface area (Å²) in [5, 5.41) is 9.88. The van der Waals surface area contributed by atoms with Crippen molar-refractivity contribution in [3.8, 4) is 17.7 Å². The van der Waals surface area contributed by atoms with Crippen LogP contribution in [0.2, 0.25) is 0 Å². The molecule has 12 heteroatoms. The summed E-state index contributed by atoms with van der Waals surface area (Å²) < 4.78 is 72.6. The molecule has 228 valence electrons. The van der Waals surface area contributed by atoms with Gasteiger partial charge in [-0.15, -0.1) is 0 Å². The summed E-state index contributed by atoms with van der Waals surface area (Å²) in [6, 6.07) is 11.8. The van der Waals surface area contributed by atoms with Crippen LogP contribution in [0.1, 0.15) is 46.5 Å². The molecule has 4 rings (SSSR count). The molecule has 1 N–H and O–H groups in total. The standard InChI is InChI=1S/C31H32F3N3O5S/c1-20-5-13-26(14-6-20)43(40,41)36(4)18-28-21(2)17-37(22(3)19-38)30(39)27-15-24(16-35-29(27)42-28)8-7-23-9-11-25(12-10-23)31(32,33)34/h5-6,9-16,21-22,28,38H,17-19H2,1-4H3/t21-,22+,28-/m0/s1. The fourth-order valence-corrected chi connectivity index (χ4v) is 5.70. The highest BCUT2D eigenvalue weighted by Gasteiger charge is 2.36. The summed E-state index contributed by atoms with van der Waals surface area (Å²) in [4.78, 5) is 19.6. The number of rotatable bonds is 6. The highest BCUT2D eigenvalue weighted by molar-refractivity contribution is 7.89. The molecule has 0 unspecified atom stereocenters. The van der Waals surface area contributed by atoms with Gasteiger partial charge in [-0.2, -0.15) is 17.5 Å². The molecule has 1 aliphatic heterocycles. The van der Waals surface area contributed by atoms with Crippen LogP contribution in [0.4, 0.5) is 13.2 Å². The van der Waals surface area contributed by atoms with E-state index in [1.807, 2.05) is 13.8 Å². The number of hydrogen-bond donors (Lipinski definition) is 1. The Balaban J connectivity index is 1.66. The van der Waals surface area contributed by atoms with Crippen molar-refractivity contribution in [1.82, 2.24) is 14.2 Å². The lowest BCUT2D eigenvalue weighted by atomic mass is 10.0. The molecule has 2 aromatic carbocycles. The van der Waals surface area contributed by atoms with Crippen LogP contribution in [-0.4, -0.2) is 72.5 Å². The zero-order valence-electron chi connectivity index (χ0n) is 24.1. The van der Waals surface area contributed by atoms with Gasteiger partial charge in [-0.05, 0) is 56.3 Å². The largest absolute Gasteiger partial charge is 0.472 e. The second-order valence-electron chi connectivity index (χ2n) is 10.6. The fourth-order valence-electron chi connectivity index (χ4n) is 4.52. The summed E-state index contributed by atoms with van der Waals surface area (Å²) in [6.45, 7) is 5.21. The summed E-state index contributed by atoms with van der Waals surface area (Å²) in [6.07, 6.45) is -3.79. The topological polar surface area (TPSA) is 100 Å². The van der Waals surface area contributed by atoms with Crippen LogP contribution in [0.3, 0.4) is 0 Å². The van der Waals surface area contributed by atoms with Crippen molar-refractivity contribution in [2.24, 2.45) is 5.92 Å². The molecular formula is C31H32F3N3O5S. The third kappa shape index (κ3) is 7.36. The van der Waals surface area contributed by atoms with Crippen molar-refractivity contribution in [2.75, 3.05) is 26.7 Å². The molecule has 1 aromatic heterocycles. The van der Waals surface area contributed by atoms with Gasteiger partial charge in [0.1, 0.15) is 11.7 Å². The van der Waals surface area contributed by atoms with Gasteiger partial charge in [0.2, 0.25) is 15.9 Å². The van der Waals surface area contributed by atoms with Gasteiger partial charge in [-0.3, -0.25) is 4.79 Å². The lowest BCUT2D eigenvalue weighted by molar-refractivity contribution is -0.137. The maximum absolute atomic E-state index is 13.6. The monoisotopic (exact) mass is 615 g/mol. The molecular weight excluding hydrogens is 583 g/mol. The highest BCUT2D eigenvalue weighted by atomic mass is 32.2. The number of hydrogen-bond acceptors (Lipinski definition) is 6. The number of halogens is 3. The van der Waals surface area contributed by atoms with E-state index in [-0.39, 0.29) is 42.0 Å². The van der Waals surface area contributed by atoms with Crippen molar-refractivity contribution in [3.63, 3.8) is 0 Å². The first-order chi connectivity index (χ1) is 20.2. The van der Waals surface area contributed by atoms with Crippen molar-refractivity contribution in [2.45, 2.75) is 44.0 Å². The number of aliphatic hydroxyl groups excluding tert-OH is 1. The van der Waals surface area contributed by atoms with Gasteiger partial charge in [0.15, 0.2) is 0 Å². The number of ether oxygens (including phenoxy) is 1. The number of aliphatic hydroxyl groups is 1. The minimum Gasteiger partial charge on any atom is -0.472 e. The fraction of sp³-hybridized carbons (Fsp3) is 0.355. The molecule has 3 atom stereocenters. The van der Waals surface area contributed by atoms with Crippen LogP contribution in [0.15, 0.2) is 65.7 Å². The van der Waals surface area contributed by atoms with Gasteiger partial charge in [0.25, 0.3) is 5.91 Å². The first-order valence-electron chi connectivity index (χ1n) is 13.5. The van der Waals surface area contributed by atoms with E-state index in [0.29, 0.717) is 11.1 Å². The summed E-state index contributed by atoms with van der Waals surface area (Å²) in [7, 11) is -2.39. The van der Waals surface area contributed by atoms with Crippen LogP contribution < -0.4 is 4.74 Å². The zero-order chi connectivity index (χ0) is 31.5. The van der Waals surface area contributed by atoms with E-state index in [9.17, 15) is 31.5 Å². The molecule has 0 bridgehead atoms. The molecule has 43 heavy (non-hydrogen) atoms. The normalized spacial score (nSPS) is 18.2. The van der Waals surface area contributed by atoms with Gasteiger partial charge in [0, 0.05) is 36.8 Å². The molecule has 3 aromatic rings. The second kappa shape index (κ2) is 12.8. The summed E-state index contributed by atoms with van der Waals surface area (Å²) >= 11 is 0. The Labute approximate surface area is 249 Å². The Morgan fingerprint density at radius 3 is 2.35 bits per heavy atom. The quantitative estimate of drug-likeness (QED) is 0.414. The molecule has 1 amide bonds. The van der Waals surface area contributed by atoms with Crippen LogP contribution in [0.5, 0.6) is 5.88 Å². The van der Waals surface area contributed by atoms with Gasteiger partial charge in [-0.25, -0.2) is 13.4 Å². The molecule has 0 saturated carbocycles. The maximum atomic E-state index is 13.6. The summed E-state index contributed by atoms with van der Waals surface area (Å²) in [5.74, 6) is 4.79. The number of pyridine rings is 1. The second-order valence-corrected chi connectivity index (χ2v) is 12.7. The number of carbonyl (C=O) groups is 1. The number of sulfonamides is 1.